The van der Waals surface area contributed by atoms with Gasteiger partial charge in [-0.2, -0.15) is 0 Å². The van der Waals surface area contributed by atoms with Gasteiger partial charge in [-0.05, 0) is 94.9 Å². The lowest BCUT2D eigenvalue weighted by molar-refractivity contribution is 0.426. The SMILES string of the molecule is Clc1cc(Cl)c2oc3cccc(-c4nc(-c5ccccc5)nc(-c5ccccc5)n4)c3c2c1.[2H]c1ccc2oc3cccc(-c4cc(-c5cccc6oc7ccc([2H])cc7c56)c5oc6cccc(-c7nc(-c8ccccc8)nc(-c8ccccc8)n7)c6c5c4)c3c2c1.[2H]c1ccc2oc3cccc(B(O)O)c3c2c1. The van der Waals surface area contributed by atoms with Crippen molar-refractivity contribution < 1.29 is 36.2 Å². The zero-order chi connectivity index (χ0) is 73.5. The van der Waals surface area contributed by atoms with E-state index in [0.717, 1.165) is 121 Å². The van der Waals surface area contributed by atoms with Crippen molar-refractivity contribution in [2.24, 2.45) is 0 Å². The fraction of sp³-hybridized carbons (Fsp3) is 0. The fourth-order valence-corrected chi connectivity index (χ4v) is 14.7. The van der Waals surface area contributed by atoms with E-state index in [1.807, 2.05) is 212 Å². The van der Waals surface area contributed by atoms with E-state index in [1.165, 1.54) is 0 Å². The van der Waals surface area contributed by atoms with Crippen molar-refractivity contribution in [3.63, 3.8) is 0 Å². The van der Waals surface area contributed by atoms with Crippen LogP contribution in [0.2, 0.25) is 10.0 Å². The summed E-state index contributed by atoms with van der Waals surface area (Å²) in [6.45, 7) is 0. The molecule has 0 aliphatic rings. The van der Waals surface area contributed by atoms with Gasteiger partial charge in [0.1, 0.15) is 50.2 Å². The summed E-state index contributed by atoms with van der Waals surface area (Å²) < 4.78 is 55.9. The minimum atomic E-state index is -1.55. The molecule has 0 saturated heterocycles. The summed E-state index contributed by atoms with van der Waals surface area (Å²) in [7, 11) is -1.55. The van der Waals surface area contributed by atoms with Gasteiger partial charge in [-0.15, -0.1) is 0 Å². The van der Waals surface area contributed by atoms with Crippen LogP contribution in [-0.4, -0.2) is 47.1 Å². The number of furan rings is 5. The summed E-state index contributed by atoms with van der Waals surface area (Å²) in [6.07, 6.45) is 0. The lowest BCUT2D eigenvalue weighted by Gasteiger charge is -2.11. The topological polar surface area (TPSA) is 184 Å². The Morgan fingerprint density at radius 2 is 0.613 bits per heavy atom. The van der Waals surface area contributed by atoms with Crippen LogP contribution in [-0.2, 0) is 0 Å². The van der Waals surface area contributed by atoms with Gasteiger partial charge >= 0.3 is 7.12 Å². The molecule has 0 aliphatic heterocycles. The molecule has 7 aromatic heterocycles. The first-order chi connectivity index (χ1) is 53.4. The Labute approximate surface area is 617 Å². The molecule has 0 spiro atoms. The Morgan fingerprint density at radius 3 is 1.07 bits per heavy atom. The maximum atomic E-state index is 9.34. The number of rotatable bonds is 9. The Bertz CT molecular complexity index is 7070. The molecule has 0 unspecified atom stereocenters. The minimum absolute atomic E-state index is 0.363. The minimum Gasteiger partial charge on any atom is -0.456 e. The monoisotopic (exact) mass is 1410 g/mol. The van der Waals surface area contributed by atoms with Crippen LogP contribution in [0.4, 0.5) is 0 Å². The van der Waals surface area contributed by atoms with Crippen molar-refractivity contribution >= 4 is 145 Å². The van der Waals surface area contributed by atoms with E-state index in [1.54, 1.807) is 54.6 Å². The maximum absolute atomic E-state index is 9.34. The highest BCUT2D eigenvalue weighted by atomic mass is 35.5. The summed E-state index contributed by atoms with van der Waals surface area (Å²) in [5, 5.41) is 28.1. The van der Waals surface area contributed by atoms with E-state index in [0.29, 0.717) is 113 Å². The third-order valence-electron chi connectivity index (χ3n) is 18.9. The highest BCUT2D eigenvalue weighted by molar-refractivity contribution is 6.62. The molecule has 21 rings (SSSR count). The standard InChI is InChI=1S/C51H29N3O3.C27H15Cl2N3O.C12H9BO3/c1-3-14-30(15-4-1)49-52-50(31-16-5-2-6-17-31)54-51(53-49)37-22-13-27-44-47(37)39-29-32(33-20-11-25-42-45(33)35-18-7-9-23-40(35)55-42)28-38(48(39)57-44)34-21-12-26-43-46(34)36-19-8-10-24-41(36)56-43;28-18-14-20-23-19(12-7-13-22(23)33-24(20)21(29)15-18)27-31-25(16-8-3-1-4-9-16)30-26(32-27)17-10-5-2-6-11-17;14-13(15)9-5-3-7-11-12(9)8-4-1-2-6-10(8)16-11/h1-29H;1-15H;1-7,14-15H/i7D,8D;;1D. The number of halogens is 2. The maximum Gasteiger partial charge on any atom is 0.489 e. The number of benzene rings is 14. The van der Waals surface area contributed by atoms with Gasteiger partial charge in [-0.3, -0.25) is 0 Å². The second kappa shape index (κ2) is 26.5. The molecule has 13 nitrogen and oxygen atoms in total. The van der Waals surface area contributed by atoms with Crippen molar-refractivity contribution in [1.29, 1.82) is 0 Å². The van der Waals surface area contributed by atoms with Crippen LogP contribution >= 0.6 is 23.2 Å². The number of fused-ring (bicyclic) bond motifs is 15. The van der Waals surface area contributed by atoms with Crippen LogP contribution in [0.3, 0.4) is 0 Å². The van der Waals surface area contributed by atoms with Gasteiger partial charge < -0.3 is 32.1 Å². The predicted molar refractivity (Wildman–Crippen MR) is 426 cm³/mol. The average Bonchev–Trinajstić information content (AvgIpc) is 1.58. The zero-order valence-corrected chi connectivity index (χ0v) is 57.2. The number of nitrogens with zero attached hydrogens (tertiary/aromatic N) is 6. The molecule has 0 saturated carbocycles. The molecule has 0 aliphatic carbocycles. The van der Waals surface area contributed by atoms with Crippen molar-refractivity contribution in [2.75, 3.05) is 0 Å². The highest BCUT2D eigenvalue weighted by Gasteiger charge is 2.26. The Balaban J connectivity index is 0.000000134. The van der Waals surface area contributed by atoms with E-state index in [9.17, 15) is 10.0 Å². The summed E-state index contributed by atoms with van der Waals surface area (Å²) in [4.78, 5) is 29.7. The van der Waals surface area contributed by atoms with Gasteiger partial charge in [0.2, 0.25) is 0 Å². The summed E-state index contributed by atoms with van der Waals surface area (Å²) in [5.41, 5.74) is 16.0. The highest BCUT2D eigenvalue weighted by Crippen LogP contribution is 2.48. The van der Waals surface area contributed by atoms with Crippen LogP contribution in [0, 0.1) is 0 Å². The molecule has 2 N–H and O–H groups in total. The van der Waals surface area contributed by atoms with Gasteiger partial charge in [0.25, 0.3) is 0 Å². The largest absolute Gasteiger partial charge is 0.489 e. The fourth-order valence-electron chi connectivity index (χ4n) is 14.2. The summed E-state index contributed by atoms with van der Waals surface area (Å²) in [5.74, 6) is 3.41. The molecule has 16 heteroatoms. The number of para-hydroxylation sites is 3. The first-order valence-electron chi connectivity index (χ1n) is 35.5. The van der Waals surface area contributed by atoms with Crippen molar-refractivity contribution in [3.8, 4) is 90.6 Å². The van der Waals surface area contributed by atoms with Gasteiger partial charge in [0, 0.05) is 97.8 Å². The number of aromatic nitrogens is 6. The molecule has 0 fully saturated rings. The molecule has 21 aromatic rings. The predicted octanol–water partition coefficient (Wildman–Crippen LogP) is 23.2. The van der Waals surface area contributed by atoms with Gasteiger partial charge in [0.05, 0.1) is 9.13 Å². The summed E-state index contributed by atoms with van der Waals surface area (Å²) in [6, 6.07) is 93.7. The molecule has 106 heavy (non-hydrogen) atoms. The van der Waals surface area contributed by atoms with Crippen molar-refractivity contribution in [2.45, 2.75) is 0 Å². The van der Waals surface area contributed by atoms with Crippen LogP contribution in [0.25, 0.3) is 200 Å². The third kappa shape index (κ3) is 11.3. The Kier molecular flexibility index (Phi) is 15.1. The number of hydrogen-bond acceptors (Lipinski definition) is 13. The van der Waals surface area contributed by atoms with Crippen LogP contribution in [0.1, 0.15) is 4.11 Å². The zero-order valence-electron chi connectivity index (χ0n) is 58.7. The normalized spacial score (nSPS) is 12.0. The lowest BCUT2D eigenvalue weighted by atomic mass is 9.77. The van der Waals surface area contributed by atoms with E-state index >= 15 is 0 Å². The van der Waals surface area contributed by atoms with E-state index in [2.05, 4.69) is 24.3 Å². The van der Waals surface area contributed by atoms with Crippen LogP contribution in [0.5, 0.6) is 0 Å². The molecule has 14 aromatic carbocycles. The first kappa shape index (κ1) is 60.3. The van der Waals surface area contributed by atoms with E-state index < -0.39 is 7.12 Å². The van der Waals surface area contributed by atoms with Gasteiger partial charge in [-0.25, -0.2) is 29.9 Å². The average molecular weight is 1420 g/mol. The molecule has 0 radical (unpaired) electrons. The molecule has 0 bridgehead atoms. The van der Waals surface area contributed by atoms with Crippen molar-refractivity contribution in [3.05, 3.63) is 319 Å². The van der Waals surface area contributed by atoms with E-state index in [-0.39, 0.29) is 0 Å². The quantitative estimate of drug-likeness (QED) is 0.130. The molecular formula is C90H53BCl2N6O7. The molecular weight excluding hydrogens is 1360 g/mol. The third-order valence-corrected chi connectivity index (χ3v) is 19.4. The molecule has 0 atom stereocenters. The number of hydrogen-bond donors (Lipinski definition) is 2. The first-order valence-corrected chi connectivity index (χ1v) is 34.8. The van der Waals surface area contributed by atoms with Gasteiger partial charge in [0.15, 0.2) is 40.5 Å². The van der Waals surface area contributed by atoms with Gasteiger partial charge in [-0.1, -0.05) is 260 Å². The smallest absolute Gasteiger partial charge is 0.456 e. The second-order valence-electron chi connectivity index (χ2n) is 25.3. The van der Waals surface area contributed by atoms with Crippen LogP contribution in [0.15, 0.2) is 331 Å². The molecule has 502 valence electrons. The second-order valence-corrected chi connectivity index (χ2v) is 26.2. The Morgan fingerprint density at radius 1 is 0.264 bits per heavy atom. The van der Waals surface area contributed by atoms with Crippen molar-refractivity contribution in [1.82, 2.24) is 29.9 Å². The lowest BCUT2D eigenvalue weighted by Crippen LogP contribution is -2.30. The molecule has 7 heterocycles. The van der Waals surface area contributed by atoms with Crippen LogP contribution < -0.4 is 5.46 Å². The Hall–Kier alpha value is -13.3. The summed E-state index contributed by atoms with van der Waals surface area (Å²) >= 11 is 12.7. The molecule has 0 amide bonds. The van der Waals surface area contributed by atoms with E-state index in [4.69, 9.17) is 79.3 Å².